The molecule has 114 valence electrons. The van der Waals surface area contributed by atoms with E-state index < -0.39 is 21.0 Å². The Morgan fingerprint density at radius 2 is 2.05 bits per heavy atom. The van der Waals surface area contributed by atoms with Crippen LogP contribution in [0.3, 0.4) is 0 Å². The van der Waals surface area contributed by atoms with Crippen molar-refractivity contribution >= 4 is 21.4 Å². The molecular weight excluding hydrogens is 290 g/mol. The lowest BCUT2D eigenvalue weighted by atomic mass is 10.1. The molecule has 0 aliphatic rings. The Kier molecular flexibility index (Phi) is 5.94. The Hall–Kier alpha value is -1.84. The van der Waals surface area contributed by atoms with Gasteiger partial charge in [0.05, 0.1) is 6.61 Å². The third kappa shape index (κ3) is 5.58. The van der Waals surface area contributed by atoms with Gasteiger partial charge in [0.25, 0.3) is 0 Å². The summed E-state index contributed by atoms with van der Waals surface area (Å²) >= 11 is 0. The van der Waals surface area contributed by atoms with Crippen molar-refractivity contribution in [3.05, 3.63) is 29.3 Å². The van der Waals surface area contributed by atoms with E-state index in [0.717, 1.165) is 11.8 Å². The Morgan fingerprint density at radius 1 is 1.38 bits per heavy atom. The molecule has 1 rings (SSSR count). The first-order valence-corrected chi connectivity index (χ1v) is 8.40. The van der Waals surface area contributed by atoms with Crippen LogP contribution in [0, 0.1) is 18.8 Å². The smallest absolute Gasteiger partial charge is 0.242 e. The van der Waals surface area contributed by atoms with E-state index in [9.17, 15) is 13.2 Å². The predicted molar refractivity (Wildman–Crippen MR) is 82.7 cm³/mol. The van der Waals surface area contributed by atoms with Crippen LogP contribution in [-0.2, 0) is 14.6 Å². The van der Waals surface area contributed by atoms with Crippen molar-refractivity contribution in [3.8, 4) is 11.8 Å². The van der Waals surface area contributed by atoms with Crippen molar-refractivity contribution in [3.63, 3.8) is 0 Å². The summed E-state index contributed by atoms with van der Waals surface area (Å²) in [6.07, 6.45) is 1.40. The minimum Gasteiger partial charge on any atom is -0.395 e. The number of aliphatic hydroxyl groups is 1. The second-order valence-corrected chi connectivity index (χ2v) is 7.19. The lowest BCUT2D eigenvalue weighted by molar-refractivity contribution is -0.115. The van der Waals surface area contributed by atoms with E-state index >= 15 is 0 Å². The molecule has 2 N–H and O–H groups in total. The summed E-state index contributed by atoms with van der Waals surface area (Å²) in [6, 6.07) is 5.26. The fourth-order valence-corrected chi connectivity index (χ4v) is 2.03. The molecule has 0 spiro atoms. The number of carbonyl (C=O) groups is 1. The molecule has 0 saturated carbocycles. The van der Waals surface area contributed by atoms with E-state index in [1.165, 1.54) is 6.92 Å². The molecule has 0 radical (unpaired) electrons. The number of aryl methyl sites for hydroxylation is 1. The fourth-order valence-electron chi connectivity index (χ4n) is 1.59. The quantitative estimate of drug-likeness (QED) is 0.816. The van der Waals surface area contributed by atoms with Crippen LogP contribution in [0.4, 0.5) is 5.69 Å². The van der Waals surface area contributed by atoms with Gasteiger partial charge in [0.15, 0.2) is 9.84 Å². The predicted octanol–water partition coefficient (Wildman–Crippen LogP) is 1.10. The van der Waals surface area contributed by atoms with Crippen LogP contribution >= 0.6 is 0 Å². The van der Waals surface area contributed by atoms with Gasteiger partial charge in [-0.25, -0.2) is 8.42 Å². The summed E-state index contributed by atoms with van der Waals surface area (Å²) in [5.41, 5.74) is 2.10. The van der Waals surface area contributed by atoms with Crippen molar-refractivity contribution in [1.82, 2.24) is 0 Å². The largest absolute Gasteiger partial charge is 0.395 e. The minimum atomic E-state index is -3.43. The Morgan fingerprint density at radius 3 is 2.62 bits per heavy atom. The molecule has 21 heavy (non-hydrogen) atoms. The van der Waals surface area contributed by atoms with Crippen molar-refractivity contribution in [2.75, 3.05) is 18.2 Å². The Labute approximate surface area is 125 Å². The number of anilines is 1. The van der Waals surface area contributed by atoms with Gasteiger partial charge in [0, 0.05) is 23.9 Å². The average Bonchev–Trinajstić information content (AvgIpc) is 2.36. The number of hydrogen-bond donors (Lipinski definition) is 2. The molecule has 0 aromatic heterocycles. The van der Waals surface area contributed by atoms with Crippen LogP contribution < -0.4 is 5.32 Å². The van der Waals surface area contributed by atoms with Gasteiger partial charge >= 0.3 is 0 Å². The number of amides is 1. The lowest BCUT2D eigenvalue weighted by Gasteiger charge is -2.11. The van der Waals surface area contributed by atoms with Crippen LogP contribution in [0.1, 0.15) is 24.5 Å². The zero-order valence-electron chi connectivity index (χ0n) is 12.3. The van der Waals surface area contributed by atoms with Crippen LogP contribution in [0.2, 0.25) is 0 Å². The van der Waals surface area contributed by atoms with Crippen LogP contribution in [0.15, 0.2) is 18.2 Å². The maximum atomic E-state index is 11.9. The first-order valence-electron chi connectivity index (χ1n) is 6.45. The van der Waals surface area contributed by atoms with Crippen molar-refractivity contribution in [2.45, 2.75) is 25.5 Å². The molecule has 1 amide bonds. The number of nitrogens with one attached hydrogen (secondary N) is 1. The highest BCUT2D eigenvalue weighted by Crippen LogP contribution is 2.15. The molecule has 0 aliphatic carbocycles. The second kappa shape index (κ2) is 7.25. The molecule has 1 unspecified atom stereocenters. The Balaban J connectivity index is 2.95. The fraction of sp³-hybridized carbons (Fsp3) is 0.400. The van der Waals surface area contributed by atoms with Crippen molar-refractivity contribution in [2.24, 2.45) is 0 Å². The maximum Gasteiger partial charge on any atom is 0.242 e. The molecule has 0 heterocycles. The number of hydrogen-bond acceptors (Lipinski definition) is 4. The zero-order chi connectivity index (χ0) is 16.0. The molecule has 1 aromatic carbocycles. The number of aliphatic hydroxyl groups excluding tert-OH is 1. The summed E-state index contributed by atoms with van der Waals surface area (Å²) in [6.45, 7) is 3.20. The van der Waals surface area contributed by atoms with Gasteiger partial charge in [0.2, 0.25) is 5.91 Å². The van der Waals surface area contributed by atoms with Gasteiger partial charge in [-0.1, -0.05) is 11.8 Å². The van der Waals surface area contributed by atoms with E-state index in [4.69, 9.17) is 5.11 Å². The minimum absolute atomic E-state index is 0.00567. The molecule has 0 bridgehead atoms. The van der Waals surface area contributed by atoms with Crippen molar-refractivity contribution < 1.29 is 18.3 Å². The van der Waals surface area contributed by atoms with Gasteiger partial charge < -0.3 is 10.4 Å². The van der Waals surface area contributed by atoms with Gasteiger partial charge in [-0.2, -0.15) is 0 Å². The zero-order valence-corrected chi connectivity index (χ0v) is 13.1. The summed E-state index contributed by atoms with van der Waals surface area (Å²) in [5.74, 6) is 5.11. The molecule has 1 atom stereocenters. The molecule has 0 fully saturated rings. The van der Waals surface area contributed by atoms with Crippen LogP contribution in [0.5, 0.6) is 0 Å². The molecule has 0 saturated heterocycles. The summed E-state index contributed by atoms with van der Waals surface area (Å²) in [4.78, 5) is 11.9. The highest BCUT2D eigenvalue weighted by atomic mass is 32.2. The SMILES string of the molecule is Cc1cc(C#CCCO)cc(NC(=O)C(C)S(C)(=O)=O)c1. The third-order valence-corrected chi connectivity index (χ3v) is 4.32. The average molecular weight is 309 g/mol. The van der Waals surface area contributed by atoms with Crippen LogP contribution in [-0.4, -0.2) is 37.5 Å². The van der Waals surface area contributed by atoms with E-state index in [1.54, 1.807) is 12.1 Å². The monoisotopic (exact) mass is 309 g/mol. The molecule has 6 heteroatoms. The topological polar surface area (TPSA) is 83.5 Å². The van der Waals surface area contributed by atoms with E-state index in [1.807, 2.05) is 13.0 Å². The molecule has 5 nitrogen and oxygen atoms in total. The van der Waals surface area contributed by atoms with E-state index in [-0.39, 0.29) is 6.61 Å². The Bertz CT molecular complexity index is 683. The number of benzene rings is 1. The van der Waals surface area contributed by atoms with Gasteiger partial charge in [0.1, 0.15) is 5.25 Å². The first-order chi connectivity index (χ1) is 9.74. The standard InChI is InChI=1S/C15H19NO4S/c1-11-8-13(6-4-5-7-17)10-14(9-11)16-15(18)12(2)21(3,19)20/h8-10,12,17H,5,7H2,1-3H3,(H,16,18). The number of rotatable bonds is 4. The second-order valence-electron chi connectivity index (χ2n) is 4.82. The highest BCUT2D eigenvalue weighted by Gasteiger charge is 2.23. The summed E-state index contributed by atoms with van der Waals surface area (Å²) < 4.78 is 22.7. The van der Waals surface area contributed by atoms with Gasteiger partial charge in [-0.3, -0.25) is 4.79 Å². The first kappa shape index (κ1) is 17.2. The normalized spacial score (nSPS) is 12.2. The molecule has 0 aliphatic heterocycles. The van der Waals surface area contributed by atoms with Crippen LogP contribution in [0.25, 0.3) is 0 Å². The number of carbonyl (C=O) groups excluding carboxylic acids is 1. The summed E-state index contributed by atoms with van der Waals surface area (Å²) in [7, 11) is -3.43. The molecule has 1 aromatic rings. The van der Waals surface area contributed by atoms with E-state index in [0.29, 0.717) is 17.7 Å². The third-order valence-electron chi connectivity index (χ3n) is 2.83. The number of sulfone groups is 1. The highest BCUT2D eigenvalue weighted by molar-refractivity contribution is 7.92. The van der Waals surface area contributed by atoms with Gasteiger partial charge in [-0.05, 0) is 37.6 Å². The van der Waals surface area contributed by atoms with E-state index in [2.05, 4.69) is 17.2 Å². The van der Waals surface area contributed by atoms with Crippen molar-refractivity contribution in [1.29, 1.82) is 0 Å². The lowest BCUT2D eigenvalue weighted by Crippen LogP contribution is -2.31. The maximum absolute atomic E-state index is 11.9. The summed E-state index contributed by atoms with van der Waals surface area (Å²) in [5, 5.41) is 10.2. The molecular formula is C15H19NO4S. The van der Waals surface area contributed by atoms with Gasteiger partial charge in [-0.15, -0.1) is 0 Å².